The van der Waals surface area contributed by atoms with Crippen molar-refractivity contribution < 1.29 is 20.1 Å². The Morgan fingerprint density at radius 3 is 2.47 bits per heavy atom. The van der Waals surface area contributed by atoms with Crippen molar-refractivity contribution in [3.63, 3.8) is 0 Å². The molecule has 1 fully saturated rings. The van der Waals surface area contributed by atoms with Gasteiger partial charge in [-0.05, 0) is 6.07 Å². The van der Waals surface area contributed by atoms with Crippen molar-refractivity contribution in [1.82, 2.24) is 9.55 Å². The summed E-state index contributed by atoms with van der Waals surface area (Å²) in [6, 6.07) is 1.37. The van der Waals surface area contributed by atoms with Crippen LogP contribution in [0.25, 0.3) is 0 Å². The van der Waals surface area contributed by atoms with Gasteiger partial charge in [0.1, 0.15) is 24.1 Å². The van der Waals surface area contributed by atoms with Crippen LogP contribution in [0.5, 0.6) is 0 Å². The van der Waals surface area contributed by atoms with Gasteiger partial charge >= 0.3 is 5.69 Å². The Balaban J connectivity index is 0.00000162. The first kappa shape index (κ1) is 19.5. The average molecular weight is 289 g/mol. The molecule has 96 valence electrons. The van der Waals surface area contributed by atoms with Gasteiger partial charge < -0.3 is 25.8 Å². The average Bonchev–Trinajstić information content (AvgIpc) is 2.57. The van der Waals surface area contributed by atoms with E-state index in [1.54, 1.807) is 0 Å². The quantitative estimate of drug-likeness (QED) is 0.419. The molecule has 0 aromatic carbocycles. The number of aromatic nitrogens is 2. The Labute approximate surface area is 153 Å². The molecular formula is C9H13N3Na2O5. The fourth-order valence-corrected chi connectivity index (χ4v) is 1.73. The predicted octanol–water partition coefficient (Wildman–Crippen LogP) is -3.32. The normalized spacial score (nSPS) is 29.4. The molecule has 1 aliphatic rings. The number of nitrogen functional groups attached to an aromatic ring is 1. The third kappa shape index (κ3) is 4.01. The van der Waals surface area contributed by atoms with Gasteiger partial charge in [-0.1, -0.05) is 0 Å². The number of ether oxygens (including phenoxy) is 1. The van der Waals surface area contributed by atoms with E-state index in [-0.39, 0.29) is 64.9 Å². The number of hydrogen-bond acceptors (Lipinski definition) is 7. The van der Waals surface area contributed by atoms with Gasteiger partial charge in [0.25, 0.3) is 0 Å². The molecule has 1 aliphatic heterocycles. The first-order valence-corrected chi connectivity index (χ1v) is 5.01. The maximum atomic E-state index is 11.5. The van der Waals surface area contributed by atoms with E-state index < -0.39 is 36.8 Å². The molecule has 2 radical (unpaired) electrons. The standard InChI is InChI=1S/C9H13N3O5.2Na/c10-5-1-2-12(9(16)11-5)8-7(15)6(14)4(3-13)17-8;;/h1-2,4,6-8,13-15H,3H2,(H2,10,11,16);;/t4-,6-,7-,8-;;/m1../s1. The second-order valence-corrected chi connectivity index (χ2v) is 3.77. The van der Waals surface area contributed by atoms with Crippen molar-refractivity contribution in [2.24, 2.45) is 0 Å². The Morgan fingerprint density at radius 1 is 1.37 bits per heavy atom. The van der Waals surface area contributed by atoms with E-state index in [1.807, 2.05) is 0 Å². The summed E-state index contributed by atoms with van der Waals surface area (Å²) in [6.07, 6.45) is -3.27. The predicted molar refractivity (Wildman–Crippen MR) is 67.4 cm³/mol. The SMILES string of the molecule is Nc1ccn([C@@H]2O[C@H](CO)[C@@H](O)[C@H]2O)c(=O)n1.[Na].[Na]. The van der Waals surface area contributed by atoms with Crippen LogP contribution in [-0.4, -0.2) is 109 Å². The molecule has 0 saturated carbocycles. The molecular weight excluding hydrogens is 276 g/mol. The minimum atomic E-state index is -1.31. The second kappa shape index (κ2) is 8.08. The van der Waals surface area contributed by atoms with Crippen LogP contribution in [0.2, 0.25) is 0 Å². The minimum absolute atomic E-state index is 0. The molecule has 4 atom stereocenters. The van der Waals surface area contributed by atoms with Gasteiger partial charge in [-0.15, -0.1) is 0 Å². The zero-order valence-corrected chi connectivity index (χ0v) is 14.8. The summed E-state index contributed by atoms with van der Waals surface area (Å²) in [6.45, 7) is -0.453. The van der Waals surface area contributed by atoms with Crippen molar-refractivity contribution in [2.45, 2.75) is 24.5 Å². The van der Waals surface area contributed by atoms with Crippen LogP contribution in [0.4, 0.5) is 5.82 Å². The van der Waals surface area contributed by atoms with Crippen molar-refractivity contribution in [1.29, 1.82) is 0 Å². The maximum Gasteiger partial charge on any atom is 0.351 e. The van der Waals surface area contributed by atoms with Crippen molar-refractivity contribution in [2.75, 3.05) is 12.3 Å². The third-order valence-electron chi connectivity index (χ3n) is 2.64. The number of aliphatic hydroxyl groups is 3. The van der Waals surface area contributed by atoms with Gasteiger partial charge in [0, 0.05) is 65.3 Å². The van der Waals surface area contributed by atoms with E-state index in [1.165, 1.54) is 12.3 Å². The van der Waals surface area contributed by atoms with Crippen LogP contribution < -0.4 is 11.4 Å². The summed E-state index contributed by atoms with van der Waals surface area (Å²) in [5, 5.41) is 28.2. The van der Waals surface area contributed by atoms with Gasteiger partial charge in [-0.3, -0.25) is 4.57 Å². The molecule has 1 aromatic rings. The molecule has 1 aromatic heterocycles. The molecule has 10 heteroatoms. The molecule has 19 heavy (non-hydrogen) atoms. The number of aliphatic hydroxyl groups excluding tert-OH is 3. The molecule has 5 N–H and O–H groups in total. The van der Waals surface area contributed by atoms with E-state index in [2.05, 4.69) is 4.98 Å². The van der Waals surface area contributed by atoms with Crippen molar-refractivity contribution in [3.05, 3.63) is 22.7 Å². The van der Waals surface area contributed by atoms with Crippen molar-refractivity contribution >= 4 is 64.9 Å². The first-order valence-electron chi connectivity index (χ1n) is 5.01. The second-order valence-electron chi connectivity index (χ2n) is 3.77. The smallest absolute Gasteiger partial charge is 0.351 e. The van der Waals surface area contributed by atoms with E-state index in [0.717, 1.165) is 4.57 Å². The summed E-state index contributed by atoms with van der Waals surface area (Å²) < 4.78 is 6.19. The Kier molecular flexibility index (Phi) is 8.30. The number of nitrogens with zero attached hydrogens (tertiary/aromatic N) is 2. The van der Waals surface area contributed by atoms with E-state index in [9.17, 15) is 15.0 Å². The molecule has 0 amide bonds. The largest absolute Gasteiger partial charge is 0.394 e. The maximum absolute atomic E-state index is 11.5. The van der Waals surface area contributed by atoms with Crippen LogP contribution in [0, 0.1) is 0 Å². The topological polar surface area (TPSA) is 131 Å². The van der Waals surface area contributed by atoms with Crippen LogP contribution in [-0.2, 0) is 4.74 Å². The molecule has 1 saturated heterocycles. The fourth-order valence-electron chi connectivity index (χ4n) is 1.73. The molecule has 0 spiro atoms. The van der Waals surface area contributed by atoms with Gasteiger partial charge in [0.15, 0.2) is 6.23 Å². The molecule has 0 aliphatic carbocycles. The van der Waals surface area contributed by atoms with Gasteiger partial charge in [-0.2, -0.15) is 4.98 Å². The monoisotopic (exact) mass is 289 g/mol. The first-order chi connectivity index (χ1) is 8.04. The molecule has 8 nitrogen and oxygen atoms in total. The van der Waals surface area contributed by atoms with Crippen LogP contribution >= 0.6 is 0 Å². The molecule has 2 heterocycles. The number of rotatable bonds is 2. The third-order valence-corrected chi connectivity index (χ3v) is 2.64. The van der Waals surface area contributed by atoms with Crippen molar-refractivity contribution in [3.8, 4) is 0 Å². The summed E-state index contributed by atoms with van der Waals surface area (Å²) >= 11 is 0. The van der Waals surface area contributed by atoms with Crippen LogP contribution in [0.15, 0.2) is 17.1 Å². The molecule has 0 unspecified atom stereocenters. The summed E-state index contributed by atoms with van der Waals surface area (Å²) in [5.74, 6) is 0.0537. The Hall–Kier alpha value is 0.520. The Bertz CT molecular complexity index is 471. The zero-order chi connectivity index (χ0) is 12.6. The number of anilines is 1. The fraction of sp³-hybridized carbons (Fsp3) is 0.556. The summed E-state index contributed by atoms with van der Waals surface area (Å²) in [5.41, 5.74) is 4.63. The van der Waals surface area contributed by atoms with Gasteiger partial charge in [-0.25, -0.2) is 4.79 Å². The van der Waals surface area contributed by atoms with E-state index in [4.69, 9.17) is 15.6 Å². The zero-order valence-electron chi connectivity index (χ0n) is 10.8. The van der Waals surface area contributed by atoms with Crippen LogP contribution in [0.1, 0.15) is 6.23 Å². The number of nitrogens with two attached hydrogens (primary N) is 1. The van der Waals surface area contributed by atoms with E-state index in [0.29, 0.717) is 0 Å². The summed E-state index contributed by atoms with van der Waals surface area (Å²) in [4.78, 5) is 15.0. The minimum Gasteiger partial charge on any atom is -0.394 e. The van der Waals surface area contributed by atoms with Gasteiger partial charge in [0.2, 0.25) is 0 Å². The molecule has 0 bridgehead atoms. The number of hydrogen-bond donors (Lipinski definition) is 4. The Morgan fingerprint density at radius 2 is 2.00 bits per heavy atom. The van der Waals surface area contributed by atoms with Gasteiger partial charge in [0.05, 0.1) is 6.61 Å². The molecule has 2 rings (SSSR count). The van der Waals surface area contributed by atoms with Crippen LogP contribution in [0.3, 0.4) is 0 Å². The van der Waals surface area contributed by atoms with E-state index >= 15 is 0 Å². The summed E-state index contributed by atoms with van der Waals surface area (Å²) in [7, 11) is 0.